The van der Waals surface area contributed by atoms with E-state index in [1.54, 1.807) is 0 Å². The van der Waals surface area contributed by atoms with Gasteiger partial charge >= 0.3 is 7.12 Å². The first-order valence-corrected chi connectivity index (χ1v) is 10.9. The van der Waals surface area contributed by atoms with E-state index >= 15 is 0 Å². The van der Waals surface area contributed by atoms with Crippen LogP contribution >= 0.6 is 0 Å². The summed E-state index contributed by atoms with van der Waals surface area (Å²) in [6.45, 7) is 7.02. The molecule has 1 aromatic heterocycles. The number of rotatable bonds is 5. The number of likely N-dealkylation sites (tertiary alicyclic amines) is 1. The van der Waals surface area contributed by atoms with E-state index in [2.05, 4.69) is 9.97 Å². The zero-order chi connectivity index (χ0) is 21.6. The van der Waals surface area contributed by atoms with Crippen molar-refractivity contribution in [1.29, 1.82) is 0 Å². The van der Waals surface area contributed by atoms with Gasteiger partial charge in [-0.2, -0.15) is 0 Å². The maximum absolute atomic E-state index is 12.8. The number of hydrogen-bond donors (Lipinski definition) is 2. The average Bonchev–Trinajstić information content (AvgIpc) is 3.24. The molecule has 0 spiro atoms. The van der Waals surface area contributed by atoms with Crippen molar-refractivity contribution in [2.24, 2.45) is 0 Å². The van der Waals surface area contributed by atoms with Crippen LogP contribution in [0.1, 0.15) is 34.1 Å². The molecule has 0 aliphatic carbocycles. The van der Waals surface area contributed by atoms with E-state index in [0.29, 0.717) is 5.46 Å². The lowest BCUT2D eigenvalue weighted by Gasteiger charge is -2.32. The highest BCUT2D eigenvalue weighted by Gasteiger charge is 2.52. The number of sulfone groups is 1. The van der Waals surface area contributed by atoms with Crippen LogP contribution < -0.4 is 5.46 Å². The van der Waals surface area contributed by atoms with Crippen molar-refractivity contribution in [2.45, 2.75) is 61.8 Å². The molecular formula is C17H26BN3O7S. The molecule has 2 atom stereocenters. The van der Waals surface area contributed by atoms with Gasteiger partial charge in [-0.3, -0.25) is 4.79 Å². The van der Waals surface area contributed by atoms with Crippen LogP contribution in [0.4, 0.5) is 0 Å². The van der Waals surface area contributed by atoms with Gasteiger partial charge in [-0.1, -0.05) is 0 Å². The second-order valence-electron chi connectivity index (χ2n) is 8.33. The molecule has 0 radical (unpaired) electrons. The van der Waals surface area contributed by atoms with Crippen LogP contribution in [0, 0.1) is 0 Å². The highest BCUT2D eigenvalue weighted by atomic mass is 32.2. The number of carbonyl (C=O) groups is 1. The Balaban J connectivity index is 1.72. The summed E-state index contributed by atoms with van der Waals surface area (Å²) in [6.07, 6.45) is 1.39. The Morgan fingerprint density at radius 3 is 2.34 bits per heavy atom. The molecule has 0 bridgehead atoms. The molecule has 2 N–H and O–H groups in total. The van der Waals surface area contributed by atoms with E-state index in [-0.39, 0.29) is 24.7 Å². The SMILES string of the molecule is CC1(C)OB(c2cnc(S(=O)(=O)[C@H]3CCN(C(=O)[C@@H](O)CO)C3)nc2)OC1(C)C. The normalized spacial score (nSPS) is 24.7. The van der Waals surface area contributed by atoms with Gasteiger partial charge in [-0.15, -0.1) is 0 Å². The van der Waals surface area contributed by atoms with E-state index in [1.165, 1.54) is 17.3 Å². The van der Waals surface area contributed by atoms with Crippen molar-refractivity contribution in [2.75, 3.05) is 19.7 Å². The monoisotopic (exact) mass is 427 g/mol. The highest BCUT2D eigenvalue weighted by Crippen LogP contribution is 2.36. The molecule has 1 amide bonds. The first-order valence-electron chi connectivity index (χ1n) is 9.38. The molecule has 0 saturated carbocycles. The maximum Gasteiger partial charge on any atom is 0.498 e. The Kier molecular flexibility index (Phi) is 5.78. The summed E-state index contributed by atoms with van der Waals surface area (Å²) >= 11 is 0. The zero-order valence-electron chi connectivity index (χ0n) is 16.9. The summed E-state index contributed by atoms with van der Waals surface area (Å²) in [5.74, 6) is -0.692. The molecule has 2 fully saturated rings. The summed E-state index contributed by atoms with van der Waals surface area (Å²) in [6, 6.07) is 0. The van der Waals surface area contributed by atoms with Crippen molar-refractivity contribution in [1.82, 2.24) is 14.9 Å². The van der Waals surface area contributed by atoms with Gasteiger partial charge in [0.05, 0.1) is 23.1 Å². The Bertz CT molecular complexity index is 860. The van der Waals surface area contributed by atoms with Crippen molar-refractivity contribution in [3.05, 3.63) is 12.4 Å². The number of aliphatic hydroxyl groups is 2. The highest BCUT2D eigenvalue weighted by molar-refractivity contribution is 7.91. The van der Waals surface area contributed by atoms with E-state index in [1.807, 2.05) is 27.7 Å². The summed E-state index contributed by atoms with van der Waals surface area (Å²) in [5, 5.41) is 17.1. The van der Waals surface area contributed by atoms with E-state index in [4.69, 9.17) is 14.4 Å². The van der Waals surface area contributed by atoms with Crippen molar-refractivity contribution < 1.29 is 32.7 Å². The molecule has 2 saturated heterocycles. The molecule has 12 heteroatoms. The fourth-order valence-corrected chi connectivity index (χ4v) is 4.68. The van der Waals surface area contributed by atoms with E-state index < -0.39 is 52.0 Å². The minimum atomic E-state index is -3.87. The lowest BCUT2D eigenvalue weighted by molar-refractivity contribution is -0.140. The molecule has 2 aliphatic rings. The predicted molar refractivity (Wildman–Crippen MR) is 103 cm³/mol. The van der Waals surface area contributed by atoms with Crippen LogP contribution in [0.5, 0.6) is 0 Å². The minimum Gasteiger partial charge on any atom is -0.399 e. The molecule has 0 unspecified atom stereocenters. The molecule has 3 heterocycles. The van der Waals surface area contributed by atoms with Crippen molar-refractivity contribution in [3.63, 3.8) is 0 Å². The minimum absolute atomic E-state index is 0.0828. The molecule has 1 aromatic rings. The third-order valence-electron chi connectivity index (χ3n) is 5.78. The lowest BCUT2D eigenvalue weighted by atomic mass is 9.81. The van der Waals surface area contributed by atoms with Crippen LogP contribution in [0.15, 0.2) is 17.6 Å². The summed E-state index contributed by atoms with van der Waals surface area (Å²) in [5.41, 5.74) is -0.570. The number of hydrogen-bond acceptors (Lipinski definition) is 9. The van der Waals surface area contributed by atoms with Crippen molar-refractivity contribution in [3.8, 4) is 0 Å². The standard InChI is InChI=1S/C17H26BN3O7S/c1-16(2)17(3,4)28-18(27-16)11-7-19-15(20-8-11)29(25,26)12-5-6-21(9-12)14(24)13(23)10-22/h7-8,12-13,22-23H,5-6,9-10H2,1-4H3/t12-,13-/m0/s1. The van der Waals surface area contributed by atoms with Crippen molar-refractivity contribution >= 4 is 28.3 Å². The van der Waals surface area contributed by atoms with Crippen LogP contribution in [0.2, 0.25) is 0 Å². The number of aliphatic hydroxyl groups excluding tert-OH is 2. The quantitative estimate of drug-likeness (QED) is 0.425. The van der Waals surface area contributed by atoms with Crippen LogP contribution in [-0.4, -0.2) is 88.8 Å². The average molecular weight is 427 g/mol. The van der Waals surface area contributed by atoms with Gasteiger partial charge < -0.3 is 24.4 Å². The van der Waals surface area contributed by atoms with Gasteiger partial charge in [0, 0.05) is 30.9 Å². The van der Waals surface area contributed by atoms with Gasteiger partial charge in [0.1, 0.15) is 0 Å². The van der Waals surface area contributed by atoms with Crippen LogP contribution in [0.25, 0.3) is 0 Å². The maximum atomic E-state index is 12.8. The first kappa shape index (κ1) is 22.1. The summed E-state index contributed by atoms with van der Waals surface area (Å²) in [7, 11) is -4.56. The first-order chi connectivity index (χ1) is 13.4. The largest absolute Gasteiger partial charge is 0.498 e. The fraction of sp³-hybridized carbons (Fsp3) is 0.706. The smallest absolute Gasteiger partial charge is 0.399 e. The second-order valence-corrected chi connectivity index (χ2v) is 10.4. The Labute approximate surface area is 170 Å². The molecular weight excluding hydrogens is 401 g/mol. The van der Waals surface area contributed by atoms with Crippen LogP contribution in [0.3, 0.4) is 0 Å². The van der Waals surface area contributed by atoms with Gasteiger partial charge in [0.2, 0.25) is 15.0 Å². The van der Waals surface area contributed by atoms with Gasteiger partial charge in [-0.25, -0.2) is 18.4 Å². The molecule has 0 aromatic carbocycles. The van der Waals surface area contributed by atoms with Gasteiger partial charge in [0.25, 0.3) is 5.91 Å². The zero-order valence-corrected chi connectivity index (χ0v) is 17.7. The van der Waals surface area contributed by atoms with Gasteiger partial charge in [0.15, 0.2) is 6.10 Å². The third kappa shape index (κ3) is 4.04. The fourth-order valence-electron chi connectivity index (χ4n) is 3.19. The van der Waals surface area contributed by atoms with Crippen LogP contribution in [-0.2, 0) is 23.9 Å². The number of nitrogens with zero attached hydrogens (tertiary/aromatic N) is 3. The number of amides is 1. The van der Waals surface area contributed by atoms with Gasteiger partial charge in [-0.05, 0) is 34.1 Å². The summed E-state index contributed by atoms with van der Waals surface area (Å²) in [4.78, 5) is 21.2. The predicted octanol–water partition coefficient (Wildman–Crippen LogP) is -1.50. The number of aromatic nitrogens is 2. The van der Waals surface area contributed by atoms with E-state index in [0.717, 1.165) is 0 Å². The molecule has 29 heavy (non-hydrogen) atoms. The molecule has 2 aliphatic heterocycles. The van der Waals surface area contributed by atoms with E-state index in [9.17, 15) is 18.3 Å². The lowest BCUT2D eigenvalue weighted by Crippen LogP contribution is -2.41. The Hall–Kier alpha value is -1.60. The second kappa shape index (κ2) is 7.58. The number of carbonyl (C=O) groups excluding carboxylic acids is 1. The third-order valence-corrected chi connectivity index (χ3v) is 7.76. The summed E-state index contributed by atoms with van der Waals surface area (Å²) < 4.78 is 37.5. The molecule has 160 valence electrons. The topological polar surface area (TPSA) is 139 Å². The Morgan fingerprint density at radius 1 is 1.28 bits per heavy atom. The molecule has 3 rings (SSSR count). The molecule has 10 nitrogen and oxygen atoms in total. The Morgan fingerprint density at radius 2 is 1.83 bits per heavy atom.